The SMILES string of the molecule is [C-]#[N+]c1c(N2CCOCC2)sc(C)c1Cc1ccc2cc(OC)ccc2c1. The van der Waals surface area contributed by atoms with E-state index in [0.29, 0.717) is 0 Å². The van der Waals surface area contributed by atoms with Crippen LogP contribution in [0.15, 0.2) is 36.4 Å². The Morgan fingerprint density at radius 3 is 2.63 bits per heavy atom. The second kappa shape index (κ2) is 7.59. The summed E-state index contributed by atoms with van der Waals surface area (Å²) in [6.07, 6.45) is 0.784. The first-order valence-corrected chi connectivity index (χ1v) is 9.90. The highest BCUT2D eigenvalue weighted by molar-refractivity contribution is 7.17. The van der Waals surface area contributed by atoms with Crippen molar-refractivity contribution >= 4 is 32.8 Å². The molecule has 0 amide bonds. The van der Waals surface area contributed by atoms with E-state index in [1.165, 1.54) is 21.2 Å². The third-order valence-corrected chi connectivity index (χ3v) is 6.26. The summed E-state index contributed by atoms with van der Waals surface area (Å²) in [6, 6.07) is 12.6. The van der Waals surface area contributed by atoms with E-state index in [2.05, 4.69) is 47.0 Å². The summed E-state index contributed by atoms with van der Waals surface area (Å²) < 4.78 is 10.8. The van der Waals surface area contributed by atoms with Gasteiger partial charge in [-0.05, 0) is 52.3 Å². The fourth-order valence-corrected chi connectivity index (χ4v) is 4.73. The molecule has 1 saturated heterocycles. The minimum atomic E-state index is 0.734. The van der Waals surface area contributed by atoms with E-state index >= 15 is 0 Å². The predicted octanol–water partition coefficient (Wildman–Crippen LogP) is 5.20. The molecule has 1 aromatic heterocycles. The van der Waals surface area contributed by atoms with Gasteiger partial charge in [-0.2, -0.15) is 0 Å². The van der Waals surface area contributed by atoms with Crippen LogP contribution < -0.4 is 9.64 Å². The summed E-state index contributed by atoms with van der Waals surface area (Å²) in [4.78, 5) is 7.44. The van der Waals surface area contributed by atoms with Gasteiger partial charge in [0.25, 0.3) is 0 Å². The fraction of sp³-hybridized carbons (Fsp3) is 0.318. The van der Waals surface area contributed by atoms with E-state index in [-0.39, 0.29) is 0 Å². The Balaban J connectivity index is 1.67. The third-order valence-electron chi connectivity index (χ3n) is 5.07. The maximum absolute atomic E-state index is 7.76. The second-order valence-corrected chi connectivity index (χ2v) is 7.93. The molecule has 0 unspecified atom stereocenters. The van der Waals surface area contributed by atoms with E-state index in [1.807, 2.05) is 6.07 Å². The van der Waals surface area contributed by atoms with Crippen LogP contribution in [-0.2, 0) is 11.2 Å². The van der Waals surface area contributed by atoms with Gasteiger partial charge < -0.3 is 14.4 Å². The van der Waals surface area contributed by atoms with Crippen molar-refractivity contribution in [1.82, 2.24) is 0 Å². The van der Waals surface area contributed by atoms with Crippen molar-refractivity contribution in [3.8, 4) is 5.75 Å². The average Bonchev–Trinajstić information content (AvgIpc) is 3.03. The van der Waals surface area contributed by atoms with Gasteiger partial charge in [-0.15, -0.1) is 11.3 Å². The molecule has 3 aromatic rings. The van der Waals surface area contributed by atoms with E-state index in [4.69, 9.17) is 16.0 Å². The molecule has 138 valence electrons. The van der Waals surface area contributed by atoms with E-state index < -0.39 is 0 Å². The Bertz CT molecular complexity index is 1010. The maximum atomic E-state index is 7.76. The number of rotatable bonds is 4. The molecule has 2 aromatic carbocycles. The molecule has 1 aliphatic rings. The molecular formula is C22H22N2O2S. The monoisotopic (exact) mass is 378 g/mol. The fourth-order valence-electron chi connectivity index (χ4n) is 3.57. The van der Waals surface area contributed by atoms with Gasteiger partial charge in [-0.1, -0.05) is 24.3 Å². The van der Waals surface area contributed by atoms with Crippen LogP contribution in [0.2, 0.25) is 0 Å². The van der Waals surface area contributed by atoms with Crippen LogP contribution in [0, 0.1) is 13.5 Å². The van der Waals surface area contributed by atoms with Gasteiger partial charge in [0, 0.05) is 13.1 Å². The summed E-state index contributed by atoms with van der Waals surface area (Å²) in [5.74, 6) is 0.870. The third kappa shape index (κ3) is 3.51. The minimum absolute atomic E-state index is 0.734. The number of aryl methyl sites for hydroxylation is 1. The van der Waals surface area contributed by atoms with Crippen molar-refractivity contribution in [1.29, 1.82) is 0 Å². The number of anilines is 1. The number of thiophene rings is 1. The summed E-state index contributed by atoms with van der Waals surface area (Å²) in [5, 5.41) is 3.46. The number of ether oxygens (including phenoxy) is 2. The molecule has 5 heteroatoms. The Kier molecular flexibility index (Phi) is 5.02. The van der Waals surface area contributed by atoms with Crippen molar-refractivity contribution in [2.75, 3.05) is 38.3 Å². The second-order valence-electron chi connectivity index (χ2n) is 6.73. The Hall–Kier alpha value is -2.55. The Morgan fingerprint density at radius 1 is 1.15 bits per heavy atom. The maximum Gasteiger partial charge on any atom is 0.224 e. The lowest BCUT2D eigenvalue weighted by Crippen LogP contribution is -2.35. The molecule has 2 heterocycles. The summed E-state index contributed by atoms with van der Waals surface area (Å²) >= 11 is 1.74. The van der Waals surface area contributed by atoms with Crippen molar-refractivity contribution in [2.45, 2.75) is 13.3 Å². The highest BCUT2D eigenvalue weighted by Gasteiger charge is 2.22. The molecule has 0 saturated carbocycles. The van der Waals surface area contributed by atoms with Gasteiger partial charge in [0.15, 0.2) is 0 Å². The summed E-state index contributed by atoms with van der Waals surface area (Å²) in [6.45, 7) is 13.1. The minimum Gasteiger partial charge on any atom is -0.497 e. The van der Waals surface area contributed by atoms with Gasteiger partial charge in [-0.25, -0.2) is 4.85 Å². The van der Waals surface area contributed by atoms with Crippen LogP contribution in [0.3, 0.4) is 0 Å². The van der Waals surface area contributed by atoms with Crippen LogP contribution in [0.5, 0.6) is 5.75 Å². The van der Waals surface area contributed by atoms with Gasteiger partial charge in [0.2, 0.25) is 5.69 Å². The van der Waals surface area contributed by atoms with Crippen molar-refractivity contribution in [3.63, 3.8) is 0 Å². The lowest BCUT2D eigenvalue weighted by Gasteiger charge is -2.28. The number of hydrogen-bond donors (Lipinski definition) is 0. The molecule has 0 N–H and O–H groups in total. The Morgan fingerprint density at radius 2 is 1.89 bits per heavy atom. The quantitative estimate of drug-likeness (QED) is 0.584. The van der Waals surface area contributed by atoms with Crippen LogP contribution in [0.1, 0.15) is 16.0 Å². The van der Waals surface area contributed by atoms with Crippen LogP contribution in [0.25, 0.3) is 15.6 Å². The van der Waals surface area contributed by atoms with Gasteiger partial charge in [0.05, 0.1) is 31.9 Å². The molecular weight excluding hydrogens is 356 g/mol. The first-order chi connectivity index (χ1) is 13.2. The number of morpholine rings is 1. The molecule has 0 radical (unpaired) electrons. The zero-order valence-corrected chi connectivity index (χ0v) is 16.4. The van der Waals surface area contributed by atoms with Crippen molar-refractivity contribution in [3.05, 3.63) is 63.8 Å². The smallest absolute Gasteiger partial charge is 0.224 e. The first-order valence-electron chi connectivity index (χ1n) is 9.08. The lowest BCUT2D eigenvalue weighted by molar-refractivity contribution is 0.123. The highest BCUT2D eigenvalue weighted by atomic mass is 32.1. The number of benzene rings is 2. The van der Waals surface area contributed by atoms with Gasteiger partial charge in [0.1, 0.15) is 5.75 Å². The normalized spacial score (nSPS) is 14.3. The largest absolute Gasteiger partial charge is 0.497 e. The summed E-state index contributed by atoms with van der Waals surface area (Å²) in [7, 11) is 1.69. The van der Waals surface area contributed by atoms with Crippen LogP contribution in [0.4, 0.5) is 10.7 Å². The predicted molar refractivity (Wildman–Crippen MR) is 112 cm³/mol. The number of fused-ring (bicyclic) bond motifs is 1. The van der Waals surface area contributed by atoms with E-state index in [9.17, 15) is 0 Å². The molecule has 4 nitrogen and oxygen atoms in total. The number of hydrogen-bond acceptors (Lipinski definition) is 4. The van der Waals surface area contributed by atoms with Gasteiger partial charge >= 0.3 is 0 Å². The molecule has 27 heavy (non-hydrogen) atoms. The highest BCUT2D eigenvalue weighted by Crippen LogP contribution is 2.44. The number of nitrogens with zero attached hydrogens (tertiary/aromatic N) is 2. The molecule has 0 atom stereocenters. The van der Waals surface area contributed by atoms with E-state index in [1.54, 1.807) is 18.4 Å². The summed E-state index contributed by atoms with van der Waals surface area (Å²) in [5.41, 5.74) is 3.20. The van der Waals surface area contributed by atoms with Crippen molar-refractivity contribution < 1.29 is 9.47 Å². The topological polar surface area (TPSA) is 26.1 Å². The van der Waals surface area contributed by atoms with Crippen LogP contribution in [-0.4, -0.2) is 33.4 Å². The number of methoxy groups -OCH3 is 1. The molecule has 0 bridgehead atoms. The average molecular weight is 378 g/mol. The molecule has 1 aliphatic heterocycles. The Labute approximate surface area is 163 Å². The first kappa shape index (κ1) is 17.8. The van der Waals surface area contributed by atoms with Crippen LogP contribution >= 0.6 is 11.3 Å². The molecule has 1 fully saturated rings. The lowest BCUT2D eigenvalue weighted by atomic mass is 10.0. The molecule has 4 rings (SSSR count). The van der Waals surface area contributed by atoms with E-state index in [0.717, 1.165) is 54.7 Å². The zero-order valence-electron chi connectivity index (χ0n) is 15.6. The van der Waals surface area contributed by atoms with Gasteiger partial charge in [-0.3, -0.25) is 0 Å². The zero-order chi connectivity index (χ0) is 18.8. The van der Waals surface area contributed by atoms with Crippen molar-refractivity contribution in [2.24, 2.45) is 0 Å². The molecule has 0 aliphatic carbocycles. The standard InChI is InChI=1S/C22H22N2O2S/c1-15-20(21(23-2)22(27-15)24-8-10-26-11-9-24)13-16-4-5-18-14-19(25-3)7-6-17(18)12-16/h4-7,12,14H,8-11,13H2,1,3H3. The molecule has 0 spiro atoms.